The number of nitrogens with one attached hydrogen (secondary N) is 1. The van der Waals surface area contributed by atoms with E-state index < -0.39 is 0 Å². The molecule has 1 N–H and O–H groups in total. The van der Waals surface area contributed by atoms with E-state index in [1.165, 1.54) is 0 Å². The van der Waals surface area contributed by atoms with Crippen LogP contribution >= 0.6 is 11.6 Å². The molecule has 33 heavy (non-hydrogen) atoms. The summed E-state index contributed by atoms with van der Waals surface area (Å²) in [6, 6.07) is 16.8. The van der Waals surface area contributed by atoms with E-state index in [9.17, 15) is 4.79 Å². The summed E-state index contributed by atoms with van der Waals surface area (Å²) in [5, 5.41) is 7.89. The van der Waals surface area contributed by atoms with Crippen molar-refractivity contribution in [2.45, 2.75) is 31.0 Å². The molecule has 2 fully saturated rings. The van der Waals surface area contributed by atoms with E-state index in [0.29, 0.717) is 36.1 Å². The summed E-state index contributed by atoms with van der Waals surface area (Å²) < 4.78 is 17.6. The zero-order valence-electron chi connectivity index (χ0n) is 18.4. The number of likely N-dealkylation sites (tertiary alicyclic amines) is 1. The molecule has 7 nitrogen and oxygen atoms in total. The molecule has 2 aliphatic rings. The Hall–Kier alpha value is -3.03. The number of hydrogen-bond acceptors (Lipinski definition) is 5. The van der Waals surface area contributed by atoms with Crippen LogP contribution in [0.4, 0.5) is 0 Å². The Labute approximate surface area is 197 Å². The molecule has 172 valence electrons. The highest BCUT2D eigenvalue weighted by Gasteiger charge is 2.45. The minimum atomic E-state index is -0.382. The summed E-state index contributed by atoms with van der Waals surface area (Å²) in [6.07, 6.45) is 2.46. The van der Waals surface area contributed by atoms with Crippen molar-refractivity contribution in [3.63, 3.8) is 0 Å². The largest absolute Gasteiger partial charge is 0.497 e. The molecule has 5 rings (SSSR count). The monoisotopic (exact) mass is 467 g/mol. The van der Waals surface area contributed by atoms with Gasteiger partial charge in [-0.25, -0.2) is 0 Å². The molecule has 2 aliphatic heterocycles. The number of carbonyl (C=O) groups is 1. The quantitative estimate of drug-likeness (QED) is 0.594. The second-order valence-corrected chi connectivity index (χ2v) is 9.06. The van der Waals surface area contributed by atoms with Crippen molar-refractivity contribution in [1.82, 2.24) is 15.1 Å². The predicted molar refractivity (Wildman–Crippen MR) is 125 cm³/mol. The summed E-state index contributed by atoms with van der Waals surface area (Å²) in [6.45, 7) is 1.73. The number of piperidine rings is 1. The van der Waals surface area contributed by atoms with Crippen molar-refractivity contribution in [3.8, 4) is 22.8 Å². The molecule has 3 aromatic rings. The first-order chi connectivity index (χ1) is 16.0. The van der Waals surface area contributed by atoms with E-state index >= 15 is 0 Å². The molecule has 2 atom stereocenters. The topological polar surface area (TPSA) is 76.7 Å². The van der Waals surface area contributed by atoms with Crippen LogP contribution in [0.25, 0.3) is 11.3 Å². The van der Waals surface area contributed by atoms with Gasteiger partial charge in [-0.3, -0.25) is 9.89 Å². The summed E-state index contributed by atoms with van der Waals surface area (Å²) in [5.41, 5.74) is 1.68. The van der Waals surface area contributed by atoms with E-state index in [0.717, 1.165) is 36.3 Å². The highest BCUT2D eigenvalue weighted by atomic mass is 35.5. The lowest BCUT2D eigenvalue weighted by Gasteiger charge is -2.39. The van der Waals surface area contributed by atoms with Crippen LogP contribution in [0.15, 0.2) is 54.6 Å². The molecule has 8 heteroatoms. The third-order valence-corrected chi connectivity index (χ3v) is 6.51. The van der Waals surface area contributed by atoms with Gasteiger partial charge >= 0.3 is 0 Å². The van der Waals surface area contributed by atoms with Crippen LogP contribution < -0.4 is 9.47 Å². The van der Waals surface area contributed by atoms with Gasteiger partial charge in [0.05, 0.1) is 31.6 Å². The SMILES string of the molecule is COc1cccc(-c2cc(C(=O)N3CCC[C@@]4(C[C@@H](Oc5cccc(Cl)c5)CO4)C3)[nH]n2)c1. The number of rotatable bonds is 5. The number of aromatic nitrogens is 2. The molecule has 2 saturated heterocycles. The van der Waals surface area contributed by atoms with Gasteiger partial charge in [-0.2, -0.15) is 5.10 Å². The second kappa shape index (κ2) is 9.08. The Bertz CT molecular complexity index is 1150. The molecule has 0 bridgehead atoms. The second-order valence-electron chi connectivity index (χ2n) is 8.62. The minimum absolute atomic E-state index is 0.0645. The number of halogens is 1. The van der Waals surface area contributed by atoms with Gasteiger partial charge in [0, 0.05) is 23.6 Å². The molecule has 0 radical (unpaired) electrons. The Balaban J connectivity index is 1.25. The molecular formula is C25H26ClN3O4. The van der Waals surface area contributed by atoms with Crippen LogP contribution in [0.5, 0.6) is 11.5 Å². The van der Waals surface area contributed by atoms with Crippen LogP contribution in [0.2, 0.25) is 5.02 Å². The maximum atomic E-state index is 13.2. The van der Waals surface area contributed by atoms with Crippen LogP contribution in [0.3, 0.4) is 0 Å². The van der Waals surface area contributed by atoms with Crippen molar-refractivity contribution >= 4 is 17.5 Å². The summed E-state index contributed by atoms with van der Waals surface area (Å²) in [4.78, 5) is 15.1. The predicted octanol–water partition coefficient (Wildman–Crippen LogP) is 4.58. The Morgan fingerprint density at radius 3 is 2.91 bits per heavy atom. The van der Waals surface area contributed by atoms with Crippen LogP contribution in [0, 0.1) is 0 Å². The third kappa shape index (κ3) is 4.70. The zero-order chi connectivity index (χ0) is 22.8. The summed E-state index contributed by atoms with van der Waals surface area (Å²) in [7, 11) is 1.63. The van der Waals surface area contributed by atoms with Gasteiger partial charge in [0.25, 0.3) is 5.91 Å². The standard InChI is InChI=1S/C25H26ClN3O4/c1-31-19-7-2-5-17(11-19)22-13-23(28-27-22)24(30)29-10-4-9-25(16-29)14-21(15-32-25)33-20-8-3-6-18(26)12-20/h2-3,5-8,11-13,21H,4,9-10,14-16H2,1H3,(H,27,28)/t21-,25-/m1/s1. The van der Waals surface area contributed by atoms with Gasteiger partial charge < -0.3 is 19.1 Å². The number of amides is 1. The Morgan fingerprint density at radius 1 is 1.21 bits per heavy atom. The average molecular weight is 468 g/mol. The number of nitrogens with zero attached hydrogens (tertiary/aromatic N) is 2. The van der Waals surface area contributed by atoms with Crippen LogP contribution in [-0.4, -0.2) is 59.5 Å². The maximum absolute atomic E-state index is 13.2. The van der Waals surface area contributed by atoms with Crippen molar-refractivity contribution in [2.75, 3.05) is 26.8 Å². The van der Waals surface area contributed by atoms with Crippen molar-refractivity contribution in [3.05, 3.63) is 65.3 Å². The zero-order valence-corrected chi connectivity index (χ0v) is 19.2. The van der Waals surface area contributed by atoms with Crippen molar-refractivity contribution in [2.24, 2.45) is 0 Å². The fraction of sp³-hybridized carbons (Fsp3) is 0.360. The number of ether oxygens (including phenoxy) is 3. The summed E-state index contributed by atoms with van der Waals surface area (Å²) >= 11 is 6.07. The van der Waals surface area contributed by atoms with Crippen LogP contribution in [-0.2, 0) is 4.74 Å². The normalized spacial score (nSPS) is 22.5. The van der Waals surface area contributed by atoms with E-state index in [1.807, 2.05) is 47.4 Å². The third-order valence-electron chi connectivity index (χ3n) is 6.27. The highest BCUT2D eigenvalue weighted by Crippen LogP contribution is 2.37. The number of methoxy groups -OCH3 is 1. The number of hydrogen-bond donors (Lipinski definition) is 1. The first-order valence-corrected chi connectivity index (χ1v) is 11.5. The first-order valence-electron chi connectivity index (χ1n) is 11.1. The van der Waals surface area contributed by atoms with Gasteiger partial charge in [-0.1, -0.05) is 29.8 Å². The van der Waals surface area contributed by atoms with Crippen molar-refractivity contribution in [1.29, 1.82) is 0 Å². The number of benzene rings is 2. The molecule has 0 saturated carbocycles. The number of carbonyl (C=O) groups excluding carboxylic acids is 1. The van der Waals surface area contributed by atoms with E-state index in [4.69, 9.17) is 25.8 Å². The molecule has 2 aromatic carbocycles. The molecule has 1 aromatic heterocycles. The van der Waals surface area contributed by atoms with E-state index in [2.05, 4.69) is 10.2 Å². The molecule has 1 amide bonds. The van der Waals surface area contributed by atoms with Gasteiger partial charge in [0.15, 0.2) is 0 Å². The maximum Gasteiger partial charge on any atom is 0.271 e. The van der Waals surface area contributed by atoms with Gasteiger partial charge in [0.2, 0.25) is 0 Å². The number of aromatic amines is 1. The lowest BCUT2D eigenvalue weighted by atomic mass is 9.89. The van der Waals surface area contributed by atoms with Crippen molar-refractivity contribution < 1.29 is 19.0 Å². The minimum Gasteiger partial charge on any atom is -0.497 e. The fourth-order valence-corrected chi connectivity index (χ4v) is 4.88. The van der Waals surface area contributed by atoms with E-state index in [1.54, 1.807) is 19.2 Å². The average Bonchev–Trinajstić information content (AvgIpc) is 3.47. The molecule has 0 aliphatic carbocycles. The van der Waals surface area contributed by atoms with Gasteiger partial charge in [-0.15, -0.1) is 0 Å². The molecule has 0 unspecified atom stereocenters. The Morgan fingerprint density at radius 2 is 2.06 bits per heavy atom. The lowest BCUT2D eigenvalue weighted by Crippen LogP contribution is -2.50. The number of H-pyrrole nitrogens is 1. The fourth-order valence-electron chi connectivity index (χ4n) is 4.70. The highest BCUT2D eigenvalue weighted by molar-refractivity contribution is 6.30. The smallest absolute Gasteiger partial charge is 0.271 e. The van der Waals surface area contributed by atoms with E-state index in [-0.39, 0.29) is 17.6 Å². The van der Waals surface area contributed by atoms with Gasteiger partial charge in [0.1, 0.15) is 23.3 Å². The Kier molecular flexibility index (Phi) is 6.00. The van der Waals surface area contributed by atoms with Crippen LogP contribution in [0.1, 0.15) is 29.8 Å². The van der Waals surface area contributed by atoms with Gasteiger partial charge in [-0.05, 0) is 49.2 Å². The molecule has 3 heterocycles. The first kappa shape index (κ1) is 21.8. The molecular weight excluding hydrogens is 442 g/mol. The summed E-state index contributed by atoms with van der Waals surface area (Å²) in [5.74, 6) is 1.41. The lowest BCUT2D eigenvalue weighted by molar-refractivity contribution is -0.0454. The molecule has 1 spiro atoms.